The number of halogens is 3. The maximum atomic E-state index is 13.4. The van der Waals surface area contributed by atoms with Crippen LogP contribution >= 0.6 is 11.3 Å². The van der Waals surface area contributed by atoms with Crippen molar-refractivity contribution in [1.82, 2.24) is 19.4 Å². The van der Waals surface area contributed by atoms with Gasteiger partial charge in [0.05, 0.1) is 30.0 Å². The smallest absolute Gasteiger partial charge is 0.353 e. The first-order valence-electron chi connectivity index (χ1n) is 11.1. The fraction of sp³-hybridized carbons (Fsp3) is 0.391. The van der Waals surface area contributed by atoms with Gasteiger partial charge in [0.2, 0.25) is 5.91 Å². The lowest BCUT2D eigenvalue weighted by atomic mass is 10.1. The van der Waals surface area contributed by atoms with Crippen molar-refractivity contribution in [3.8, 4) is 0 Å². The van der Waals surface area contributed by atoms with Crippen LogP contribution in [0.5, 0.6) is 0 Å². The van der Waals surface area contributed by atoms with E-state index in [2.05, 4.69) is 10.1 Å². The summed E-state index contributed by atoms with van der Waals surface area (Å²) in [4.78, 5) is 53.2. The lowest BCUT2D eigenvalue weighted by molar-refractivity contribution is -0.325. The van der Waals surface area contributed by atoms with Crippen molar-refractivity contribution in [3.05, 3.63) is 67.2 Å². The van der Waals surface area contributed by atoms with Gasteiger partial charge >= 0.3 is 12.1 Å². The minimum Gasteiger partial charge on any atom is -0.353 e. The number of nitrogens with one attached hydrogen (secondary N) is 1. The second-order valence-electron chi connectivity index (χ2n) is 8.23. The molecule has 1 aromatic carbocycles. The Kier molecular flexibility index (Phi) is 7.31. The van der Waals surface area contributed by atoms with Gasteiger partial charge in [0.15, 0.2) is 0 Å². The number of fused-ring (bicyclic) bond motifs is 1. The second kappa shape index (κ2) is 10.3. The monoisotopic (exact) mass is 524 g/mol. The molecule has 1 N–H and O–H groups in total. The molecule has 0 spiro atoms. The van der Waals surface area contributed by atoms with Crippen molar-refractivity contribution in [2.24, 2.45) is 0 Å². The van der Waals surface area contributed by atoms with E-state index in [-0.39, 0.29) is 47.2 Å². The Balaban J connectivity index is 1.79. The Morgan fingerprint density at radius 2 is 1.83 bits per heavy atom. The number of nitrogens with zero attached hydrogens (tertiary/aromatic N) is 3. The van der Waals surface area contributed by atoms with Crippen molar-refractivity contribution >= 4 is 33.4 Å². The van der Waals surface area contributed by atoms with Gasteiger partial charge < -0.3 is 10.2 Å². The first kappa shape index (κ1) is 25.6. The van der Waals surface area contributed by atoms with E-state index in [1.165, 1.54) is 4.90 Å². The number of aromatic nitrogens is 2. The molecule has 1 aliphatic heterocycles. The van der Waals surface area contributed by atoms with Crippen LogP contribution in [0.1, 0.15) is 20.8 Å². The van der Waals surface area contributed by atoms with Crippen LogP contribution in [0.4, 0.5) is 13.2 Å². The molecule has 0 bridgehead atoms. The highest BCUT2D eigenvalue weighted by molar-refractivity contribution is 7.20. The van der Waals surface area contributed by atoms with Gasteiger partial charge in [0.25, 0.3) is 11.5 Å². The minimum absolute atomic E-state index is 0.00259. The third-order valence-corrected chi connectivity index (χ3v) is 7.16. The topological polar surface area (TPSA) is 103 Å². The molecule has 9 nitrogen and oxygen atoms in total. The van der Waals surface area contributed by atoms with E-state index in [9.17, 15) is 32.3 Å². The molecule has 2 aromatic heterocycles. The molecule has 2 amide bonds. The first-order valence-corrected chi connectivity index (χ1v) is 12.0. The van der Waals surface area contributed by atoms with Crippen LogP contribution in [0.25, 0.3) is 10.2 Å². The number of amides is 2. The number of carbonyl (C=O) groups excluding carboxylic acids is 2. The number of alkyl halides is 3. The fourth-order valence-corrected chi connectivity index (χ4v) is 5.37. The Hall–Kier alpha value is -3.45. The van der Waals surface area contributed by atoms with E-state index in [0.29, 0.717) is 12.0 Å². The number of ether oxygens (including phenoxy) is 1. The highest BCUT2D eigenvalue weighted by Gasteiger charge is 2.30. The van der Waals surface area contributed by atoms with Gasteiger partial charge in [0.1, 0.15) is 4.83 Å². The summed E-state index contributed by atoms with van der Waals surface area (Å²) in [5, 5.41) is 2.71. The summed E-state index contributed by atoms with van der Waals surface area (Å²) in [6.45, 7) is 0.636. The molecule has 36 heavy (non-hydrogen) atoms. The van der Waals surface area contributed by atoms with Gasteiger partial charge in [-0.1, -0.05) is 30.3 Å². The number of hydrogen-bond donors (Lipinski definition) is 1. The van der Waals surface area contributed by atoms with E-state index in [1.807, 2.05) is 30.3 Å². The van der Waals surface area contributed by atoms with Crippen molar-refractivity contribution in [2.75, 3.05) is 26.2 Å². The highest BCUT2D eigenvalue weighted by Crippen LogP contribution is 2.29. The number of aryl methyl sites for hydroxylation is 2. The zero-order chi connectivity index (χ0) is 26.0. The van der Waals surface area contributed by atoms with Gasteiger partial charge in [-0.2, -0.15) is 0 Å². The largest absolute Gasteiger partial charge is 0.522 e. The summed E-state index contributed by atoms with van der Waals surface area (Å²) in [7, 11) is 0. The molecule has 3 aromatic rings. The minimum atomic E-state index is -4.88. The van der Waals surface area contributed by atoms with Crippen LogP contribution in [-0.4, -0.2) is 58.5 Å². The van der Waals surface area contributed by atoms with Crippen LogP contribution in [0.15, 0.2) is 39.9 Å². The number of rotatable bonds is 7. The summed E-state index contributed by atoms with van der Waals surface area (Å²) < 4.78 is 43.7. The van der Waals surface area contributed by atoms with Crippen LogP contribution in [0.2, 0.25) is 0 Å². The molecule has 0 saturated carbocycles. The SMILES string of the molecule is Cc1c(C(=O)N2CCNC(=O)C2)sc2c1c(=O)n(CCc1ccccc1)c(=O)n2CCOC(F)(F)F. The average molecular weight is 525 g/mol. The third-order valence-electron chi connectivity index (χ3n) is 5.86. The maximum Gasteiger partial charge on any atom is 0.522 e. The molecule has 1 aliphatic rings. The van der Waals surface area contributed by atoms with Gasteiger partial charge in [-0.05, 0) is 24.5 Å². The summed E-state index contributed by atoms with van der Waals surface area (Å²) >= 11 is 0.853. The molecular formula is C23H23F3N4O5S. The van der Waals surface area contributed by atoms with E-state index >= 15 is 0 Å². The first-order chi connectivity index (χ1) is 17.1. The van der Waals surface area contributed by atoms with Crippen molar-refractivity contribution in [1.29, 1.82) is 0 Å². The Morgan fingerprint density at radius 1 is 1.11 bits per heavy atom. The van der Waals surface area contributed by atoms with E-state index in [0.717, 1.165) is 26.0 Å². The number of piperazine rings is 1. The zero-order valence-corrected chi connectivity index (χ0v) is 20.1. The highest BCUT2D eigenvalue weighted by atomic mass is 32.1. The normalized spacial score (nSPS) is 14.3. The molecule has 1 fully saturated rings. The van der Waals surface area contributed by atoms with Gasteiger partial charge in [-0.3, -0.25) is 28.3 Å². The van der Waals surface area contributed by atoms with Crippen molar-refractivity contribution < 1.29 is 27.5 Å². The van der Waals surface area contributed by atoms with Crippen LogP contribution in [-0.2, 0) is 29.0 Å². The number of carbonyl (C=O) groups is 2. The number of hydrogen-bond acceptors (Lipinski definition) is 6. The molecule has 0 aliphatic carbocycles. The van der Waals surface area contributed by atoms with Gasteiger partial charge in [0, 0.05) is 19.6 Å². The molecule has 1 saturated heterocycles. The summed E-state index contributed by atoms with van der Waals surface area (Å²) in [6, 6.07) is 9.13. The Bertz CT molecular complexity index is 1410. The van der Waals surface area contributed by atoms with Gasteiger partial charge in [-0.15, -0.1) is 24.5 Å². The Labute approximate surface area is 206 Å². The lowest BCUT2D eigenvalue weighted by Gasteiger charge is -2.26. The molecule has 0 atom stereocenters. The van der Waals surface area contributed by atoms with Crippen LogP contribution in [0, 0.1) is 6.92 Å². The molecule has 192 valence electrons. The molecule has 3 heterocycles. The number of thiophene rings is 1. The standard InChI is InChI=1S/C23H23F3N4O5S/c1-14-17-19(32)29(9-7-15-5-3-2-4-6-15)22(34)30(11-12-35-23(24,25)26)21(17)36-18(14)20(33)28-10-8-27-16(31)13-28/h2-6H,7-13H2,1H3,(H,27,31). The number of benzene rings is 1. The van der Waals surface area contributed by atoms with Crippen molar-refractivity contribution in [2.45, 2.75) is 32.8 Å². The summed E-state index contributed by atoms with van der Waals surface area (Å²) in [6.07, 6.45) is -4.54. The molecule has 0 unspecified atom stereocenters. The summed E-state index contributed by atoms with van der Waals surface area (Å²) in [5.74, 6) is -0.804. The molecule has 0 radical (unpaired) electrons. The molecular weight excluding hydrogens is 501 g/mol. The molecule has 4 rings (SSSR count). The summed E-state index contributed by atoms with van der Waals surface area (Å²) in [5.41, 5.74) is -0.220. The fourth-order valence-electron chi connectivity index (χ4n) is 4.09. The lowest BCUT2D eigenvalue weighted by Crippen LogP contribution is -2.49. The van der Waals surface area contributed by atoms with Gasteiger partial charge in [-0.25, -0.2) is 4.79 Å². The third kappa shape index (κ3) is 5.36. The zero-order valence-electron chi connectivity index (χ0n) is 19.3. The van der Waals surface area contributed by atoms with E-state index in [4.69, 9.17) is 0 Å². The van der Waals surface area contributed by atoms with Crippen LogP contribution < -0.4 is 16.6 Å². The van der Waals surface area contributed by atoms with Crippen LogP contribution in [0.3, 0.4) is 0 Å². The quantitative estimate of drug-likeness (QED) is 0.509. The predicted octanol–water partition coefficient (Wildman–Crippen LogP) is 1.88. The van der Waals surface area contributed by atoms with E-state index < -0.39 is 36.7 Å². The van der Waals surface area contributed by atoms with Crippen molar-refractivity contribution in [3.63, 3.8) is 0 Å². The average Bonchev–Trinajstić information content (AvgIpc) is 3.17. The predicted molar refractivity (Wildman–Crippen MR) is 126 cm³/mol. The second-order valence-corrected chi connectivity index (χ2v) is 9.23. The maximum absolute atomic E-state index is 13.4. The Morgan fingerprint density at radius 3 is 2.50 bits per heavy atom. The van der Waals surface area contributed by atoms with E-state index in [1.54, 1.807) is 6.92 Å². The molecule has 13 heteroatoms.